The number of unbranched alkanes of at least 4 members (excludes halogenated alkanes) is 12. The van der Waals surface area contributed by atoms with E-state index in [0.29, 0.717) is 19.8 Å². The summed E-state index contributed by atoms with van der Waals surface area (Å²) in [5, 5.41) is 16.9. The topological polar surface area (TPSA) is 66.8 Å². The van der Waals surface area contributed by atoms with Crippen molar-refractivity contribution in [1.29, 1.82) is 0 Å². The number of hydrogen-bond acceptors (Lipinski definition) is 4. The first-order valence-corrected chi connectivity index (χ1v) is 10.2. The van der Waals surface area contributed by atoms with Gasteiger partial charge >= 0.3 is 5.97 Å². The molecular weight excluding hydrogens is 316 g/mol. The van der Waals surface area contributed by atoms with Crippen molar-refractivity contribution < 1.29 is 19.7 Å². The SMILES string of the molecule is C=CC(=O)OCCCCCCCCC.OCCCCCCCCCO. The molecule has 0 aromatic heterocycles. The van der Waals surface area contributed by atoms with Crippen molar-refractivity contribution in [2.45, 2.75) is 96.8 Å². The summed E-state index contributed by atoms with van der Waals surface area (Å²) in [4.78, 5) is 10.6. The smallest absolute Gasteiger partial charge is 0.330 e. The van der Waals surface area contributed by atoms with Crippen LogP contribution in [0.5, 0.6) is 0 Å². The van der Waals surface area contributed by atoms with E-state index in [9.17, 15) is 4.79 Å². The predicted molar refractivity (Wildman–Crippen MR) is 106 cm³/mol. The van der Waals surface area contributed by atoms with Crippen molar-refractivity contribution in [2.24, 2.45) is 0 Å². The number of aliphatic hydroxyl groups is 2. The van der Waals surface area contributed by atoms with Gasteiger partial charge in [0.15, 0.2) is 0 Å². The lowest BCUT2D eigenvalue weighted by Crippen LogP contribution is -2.01. The molecule has 0 spiro atoms. The number of esters is 1. The van der Waals surface area contributed by atoms with E-state index < -0.39 is 0 Å². The Balaban J connectivity index is 0. The number of rotatable bonds is 17. The molecule has 0 aliphatic carbocycles. The Morgan fingerprint density at radius 1 is 0.760 bits per heavy atom. The van der Waals surface area contributed by atoms with Crippen molar-refractivity contribution in [3.8, 4) is 0 Å². The maximum Gasteiger partial charge on any atom is 0.330 e. The molecule has 0 heterocycles. The average Bonchev–Trinajstić information content (AvgIpc) is 2.63. The van der Waals surface area contributed by atoms with Gasteiger partial charge in [-0.15, -0.1) is 0 Å². The number of carbonyl (C=O) groups excluding carboxylic acids is 1. The van der Waals surface area contributed by atoms with Crippen molar-refractivity contribution >= 4 is 5.97 Å². The van der Waals surface area contributed by atoms with E-state index in [1.165, 1.54) is 57.4 Å². The molecule has 0 saturated carbocycles. The fourth-order valence-corrected chi connectivity index (χ4v) is 2.40. The predicted octanol–water partition coefficient (Wildman–Crippen LogP) is 5.17. The molecule has 4 nitrogen and oxygen atoms in total. The summed E-state index contributed by atoms with van der Waals surface area (Å²) in [7, 11) is 0. The van der Waals surface area contributed by atoms with Gasteiger partial charge in [0, 0.05) is 19.3 Å². The minimum absolute atomic E-state index is 0.309. The van der Waals surface area contributed by atoms with E-state index in [1.54, 1.807) is 0 Å². The molecule has 0 rings (SSSR count). The number of aliphatic hydroxyl groups excluding tert-OH is 2. The fraction of sp³-hybridized carbons (Fsp3) is 0.857. The van der Waals surface area contributed by atoms with E-state index in [4.69, 9.17) is 14.9 Å². The highest BCUT2D eigenvalue weighted by molar-refractivity contribution is 5.81. The summed E-state index contributed by atoms with van der Waals surface area (Å²) < 4.78 is 4.86. The van der Waals surface area contributed by atoms with Crippen LogP contribution in [-0.4, -0.2) is 36.0 Å². The summed E-state index contributed by atoms with van der Waals surface area (Å²) in [6.07, 6.45) is 17.8. The average molecular weight is 359 g/mol. The Labute approximate surface area is 155 Å². The highest BCUT2D eigenvalue weighted by Gasteiger charge is 1.95. The van der Waals surface area contributed by atoms with Crippen molar-refractivity contribution in [3.05, 3.63) is 12.7 Å². The molecule has 0 atom stereocenters. The van der Waals surface area contributed by atoms with Crippen LogP contribution in [0.3, 0.4) is 0 Å². The quantitative estimate of drug-likeness (QED) is 0.214. The molecule has 0 saturated heterocycles. The molecule has 25 heavy (non-hydrogen) atoms. The Morgan fingerprint density at radius 3 is 1.56 bits per heavy atom. The minimum atomic E-state index is -0.309. The van der Waals surface area contributed by atoms with Crippen LogP contribution in [0.25, 0.3) is 0 Å². The maximum atomic E-state index is 10.6. The van der Waals surface area contributed by atoms with Crippen molar-refractivity contribution in [3.63, 3.8) is 0 Å². The van der Waals surface area contributed by atoms with Crippen LogP contribution in [0.4, 0.5) is 0 Å². The van der Waals surface area contributed by atoms with Gasteiger partial charge in [-0.2, -0.15) is 0 Å². The highest BCUT2D eigenvalue weighted by Crippen LogP contribution is 2.07. The number of hydrogen-bond donors (Lipinski definition) is 2. The van der Waals surface area contributed by atoms with Crippen molar-refractivity contribution in [1.82, 2.24) is 0 Å². The zero-order valence-corrected chi connectivity index (χ0v) is 16.5. The first-order chi connectivity index (χ1) is 12.2. The molecule has 0 unspecified atom stereocenters. The normalized spacial score (nSPS) is 10.0. The van der Waals surface area contributed by atoms with Crippen LogP contribution in [-0.2, 0) is 9.53 Å². The Bertz CT molecular complexity index is 259. The Hall–Kier alpha value is -0.870. The molecule has 0 radical (unpaired) electrons. The lowest BCUT2D eigenvalue weighted by atomic mass is 10.1. The second kappa shape index (κ2) is 25.4. The first-order valence-electron chi connectivity index (χ1n) is 10.2. The van der Waals surface area contributed by atoms with Crippen LogP contribution in [0.2, 0.25) is 0 Å². The third kappa shape index (κ3) is 28.2. The van der Waals surface area contributed by atoms with Gasteiger partial charge < -0.3 is 14.9 Å². The van der Waals surface area contributed by atoms with Gasteiger partial charge in [0.25, 0.3) is 0 Å². The fourth-order valence-electron chi connectivity index (χ4n) is 2.40. The Kier molecular flexibility index (Phi) is 26.8. The summed E-state index contributed by atoms with van der Waals surface area (Å²) >= 11 is 0. The van der Waals surface area contributed by atoms with Gasteiger partial charge in [0.1, 0.15) is 0 Å². The monoisotopic (exact) mass is 358 g/mol. The first kappa shape index (κ1) is 26.4. The Morgan fingerprint density at radius 2 is 1.16 bits per heavy atom. The van der Waals surface area contributed by atoms with Gasteiger partial charge in [-0.05, 0) is 19.3 Å². The lowest BCUT2D eigenvalue weighted by molar-refractivity contribution is -0.137. The van der Waals surface area contributed by atoms with Crippen LogP contribution < -0.4 is 0 Å². The third-order valence-electron chi connectivity index (χ3n) is 3.98. The molecule has 4 heteroatoms. The lowest BCUT2D eigenvalue weighted by Gasteiger charge is -2.01. The molecule has 0 aliphatic rings. The van der Waals surface area contributed by atoms with E-state index in [2.05, 4.69) is 13.5 Å². The minimum Gasteiger partial charge on any atom is -0.463 e. The molecule has 2 N–H and O–H groups in total. The van der Waals surface area contributed by atoms with E-state index in [1.807, 2.05) is 0 Å². The molecule has 0 aromatic carbocycles. The van der Waals surface area contributed by atoms with Crippen LogP contribution >= 0.6 is 0 Å². The third-order valence-corrected chi connectivity index (χ3v) is 3.98. The summed E-state index contributed by atoms with van der Waals surface area (Å²) in [5.74, 6) is -0.309. The van der Waals surface area contributed by atoms with Crippen LogP contribution in [0, 0.1) is 0 Å². The highest BCUT2D eigenvalue weighted by atomic mass is 16.5. The second-order valence-electron chi connectivity index (χ2n) is 6.42. The van der Waals surface area contributed by atoms with E-state index >= 15 is 0 Å². The van der Waals surface area contributed by atoms with Gasteiger partial charge in [-0.1, -0.05) is 84.1 Å². The van der Waals surface area contributed by atoms with E-state index in [-0.39, 0.29) is 5.97 Å². The summed E-state index contributed by atoms with van der Waals surface area (Å²) in [6, 6.07) is 0. The molecule has 0 aromatic rings. The molecule has 0 amide bonds. The van der Waals surface area contributed by atoms with Gasteiger partial charge in [-0.25, -0.2) is 4.79 Å². The standard InChI is InChI=1S/C12H22O2.C9H20O2/c1-3-5-6-7-8-9-10-11-14-12(13)4-2;10-8-6-4-2-1-3-5-7-9-11/h4H,2-3,5-11H2,1H3;10-11H,1-9H2. The zero-order valence-electron chi connectivity index (χ0n) is 16.5. The van der Waals surface area contributed by atoms with Crippen LogP contribution in [0.15, 0.2) is 12.7 Å². The molecule has 0 fully saturated rings. The molecule has 150 valence electrons. The number of ether oxygens (including phenoxy) is 1. The zero-order chi connectivity index (χ0) is 19.0. The molecular formula is C21H42O4. The van der Waals surface area contributed by atoms with Gasteiger partial charge in [0.2, 0.25) is 0 Å². The second-order valence-corrected chi connectivity index (χ2v) is 6.42. The van der Waals surface area contributed by atoms with Gasteiger partial charge in [-0.3, -0.25) is 0 Å². The largest absolute Gasteiger partial charge is 0.463 e. The van der Waals surface area contributed by atoms with E-state index in [0.717, 1.165) is 38.5 Å². The van der Waals surface area contributed by atoms with Crippen LogP contribution in [0.1, 0.15) is 96.8 Å². The summed E-state index contributed by atoms with van der Waals surface area (Å²) in [5.41, 5.74) is 0. The van der Waals surface area contributed by atoms with Gasteiger partial charge in [0.05, 0.1) is 6.61 Å². The van der Waals surface area contributed by atoms with Crippen molar-refractivity contribution in [2.75, 3.05) is 19.8 Å². The summed E-state index contributed by atoms with van der Waals surface area (Å²) in [6.45, 7) is 6.75. The maximum absolute atomic E-state index is 10.6. The number of carbonyl (C=O) groups is 1. The molecule has 0 bridgehead atoms. The molecule has 0 aliphatic heterocycles.